The molecule has 0 fully saturated rings. The second kappa shape index (κ2) is 6.23. The van der Waals surface area contributed by atoms with Gasteiger partial charge in [-0.2, -0.15) is 0 Å². The highest BCUT2D eigenvalue weighted by Crippen LogP contribution is 2.31. The van der Waals surface area contributed by atoms with Crippen LogP contribution in [0.25, 0.3) is 0 Å². The highest BCUT2D eigenvalue weighted by Gasteiger charge is 2.18. The van der Waals surface area contributed by atoms with Crippen molar-refractivity contribution in [2.45, 2.75) is 26.8 Å². The molecule has 100 valence electrons. The van der Waals surface area contributed by atoms with Crippen LogP contribution in [0.3, 0.4) is 0 Å². The van der Waals surface area contributed by atoms with Crippen molar-refractivity contribution in [1.29, 1.82) is 0 Å². The van der Waals surface area contributed by atoms with E-state index in [4.69, 9.17) is 11.6 Å². The van der Waals surface area contributed by atoms with Gasteiger partial charge in [0.1, 0.15) is 0 Å². The third kappa shape index (κ3) is 2.99. The van der Waals surface area contributed by atoms with Crippen molar-refractivity contribution in [3.63, 3.8) is 0 Å². The molecule has 2 aromatic rings. The first-order valence-corrected chi connectivity index (χ1v) is 7.06. The van der Waals surface area contributed by atoms with E-state index in [1.165, 1.54) is 11.1 Å². The molecule has 0 radical (unpaired) electrons. The van der Waals surface area contributed by atoms with Gasteiger partial charge < -0.3 is 5.32 Å². The Labute approximate surface area is 120 Å². The van der Waals surface area contributed by atoms with Crippen LogP contribution in [0.2, 0.25) is 5.02 Å². The summed E-state index contributed by atoms with van der Waals surface area (Å²) in [5.74, 6) is 0. The smallest absolute Gasteiger partial charge is 0.0594 e. The molecular formula is C17H20ClN. The Hall–Kier alpha value is -1.31. The number of benzene rings is 2. The van der Waals surface area contributed by atoms with Crippen molar-refractivity contribution in [3.8, 4) is 0 Å². The van der Waals surface area contributed by atoms with Gasteiger partial charge >= 0.3 is 0 Å². The third-order valence-electron chi connectivity index (χ3n) is 3.44. The van der Waals surface area contributed by atoms with Crippen molar-refractivity contribution >= 4 is 11.6 Å². The molecule has 0 saturated carbocycles. The summed E-state index contributed by atoms with van der Waals surface area (Å²) in [7, 11) is 0. The molecule has 0 heterocycles. The van der Waals surface area contributed by atoms with Crippen LogP contribution in [0.15, 0.2) is 42.5 Å². The molecule has 0 aliphatic rings. The van der Waals surface area contributed by atoms with Gasteiger partial charge in [0.15, 0.2) is 0 Å². The Morgan fingerprint density at radius 3 is 2.26 bits per heavy atom. The second-order valence-corrected chi connectivity index (χ2v) is 5.20. The van der Waals surface area contributed by atoms with E-state index in [1.807, 2.05) is 13.0 Å². The molecule has 0 aliphatic carbocycles. The third-order valence-corrected chi connectivity index (χ3v) is 3.96. The van der Waals surface area contributed by atoms with Crippen LogP contribution >= 0.6 is 11.6 Å². The Bertz CT molecular complexity index is 563. The maximum Gasteiger partial charge on any atom is 0.0594 e. The molecule has 0 aliphatic heterocycles. The van der Waals surface area contributed by atoms with E-state index < -0.39 is 0 Å². The predicted molar refractivity (Wildman–Crippen MR) is 82.9 cm³/mol. The quantitative estimate of drug-likeness (QED) is 0.855. The van der Waals surface area contributed by atoms with Crippen molar-refractivity contribution in [1.82, 2.24) is 5.32 Å². The Morgan fingerprint density at radius 1 is 0.947 bits per heavy atom. The van der Waals surface area contributed by atoms with Crippen LogP contribution in [0.1, 0.15) is 35.2 Å². The topological polar surface area (TPSA) is 12.0 Å². The molecule has 1 N–H and O–H groups in total. The average molecular weight is 274 g/mol. The molecule has 0 saturated heterocycles. The highest BCUT2D eigenvalue weighted by atomic mass is 35.5. The summed E-state index contributed by atoms with van der Waals surface area (Å²) in [5.41, 5.74) is 4.84. The summed E-state index contributed by atoms with van der Waals surface area (Å²) in [6, 6.07) is 14.8. The van der Waals surface area contributed by atoms with E-state index in [2.05, 4.69) is 55.6 Å². The van der Waals surface area contributed by atoms with Gasteiger partial charge in [-0.15, -0.1) is 0 Å². The normalized spacial score (nSPS) is 12.4. The fraction of sp³-hybridized carbons (Fsp3) is 0.294. The molecule has 0 amide bonds. The predicted octanol–water partition coefficient (Wildman–Crippen LogP) is 4.66. The molecule has 2 aromatic carbocycles. The number of nitrogens with one attached hydrogen (secondary N) is 1. The van der Waals surface area contributed by atoms with Gasteiger partial charge in [-0.05, 0) is 42.6 Å². The molecule has 0 aromatic heterocycles. The summed E-state index contributed by atoms with van der Waals surface area (Å²) < 4.78 is 0. The van der Waals surface area contributed by atoms with Gasteiger partial charge in [-0.1, -0.05) is 61.0 Å². The van der Waals surface area contributed by atoms with E-state index in [9.17, 15) is 0 Å². The van der Waals surface area contributed by atoms with E-state index >= 15 is 0 Å². The first-order valence-electron chi connectivity index (χ1n) is 6.69. The Kier molecular flexibility index (Phi) is 4.62. The molecule has 1 nitrogen and oxygen atoms in total. The van der Waals surface area contributed by atoms with Gasteiger partial charge in [0.2, 0.25) is 0 Å². The maximum absolute atomic E-state index is 6.49. The standard InChI is InChI=1S/C17H20ClN/c1-4-19-17(14-10-6-5-8-12(14)2)15-11-7-9-13(3)16(15)18/h5-11,17,19H,4H2,1-3H3. The van der Waals surface area contributed by atoms with Crippen LogP contribution in [-0.2, 0) is 0 Å². The van der Waals surface area contributed by atoms with E-state index in [0.717, 1.165) is 22.7 Å². The van der Waals surface area contributed by atoms with Crippen molar-refractivity contribution in [3.05, 3.63) is 69.7 Å². The lowest BCUT2D eigenvalue weighted by molar-refractivity contribution is 0.627. The lowest BCUT2D eigenvalue weighted by atomic mass is 9.94. The van der Waals surface area contributed by atoms with Crippen LogP contribution in [0, 0.1) is 13.8 Å². The monoisotopic (exact) mass is 273 g/mol. The summed E-state index contributed by atoms with van der Waals surface area (Å²) in [5, 5.41) is 4.40. The summed E-state index contributed by atoms with van der Waals surface area (Å²) in [6.45, 7) is 7.22. The van der Waals surface area contributed by atoms with Crippen LogP contribution in [0.4, 0.5) is 0 Å². The first kappa shape index (κ1) is 14.1. The molecule has 19 heavy (non-hydrogen) atoms. The minimum atomic E-state index is 0.151. The number of rotatable bonds is 4. The number of halogens is 1. The van der Waals surface area contributed by atoms with Crippen molar-refractivity contribution in [2.24, 2.45) is 0 Å². The molecular weight excluding hydrogens is 254 g/mol. The van der Waals surface area contributed by atoms with Crippen molar-refractivity contribution < 1.29 is 0 Å². The molecule has 1 unspecified atom stereocenters. The molecule has 0 bridgehead atoms. The maximum atomic E-state index is 6.49. The minimum Gasteiger partial charge on any atom is -0.306 e. The summed E-state index contributed by atoms with van der Waals surface area (Å²) in [6.07, 6.45) is 0. The van der Waals surface area contributed by atoms with Gasteiger partial charge in [-0.25, -0.2) is 0 Å². The molecule has 2 rings (SSSR count). The fourth-order valence-corrected chi connectivity index (χ4v) is 2.63. The fourth-order valence-electron chi connectivity index (χ4n) is 2.40. The molecule has 2 heteroatoms. The molecule has 1 atom stereocenters. The van der Waals surface area contributed by atoms with Crippen LogP contribution in [-0.4, -0.2) is 6.54 Å². The van der Waals surface area contributed by atoms with Gasteiger partial charge in [0.25, 0.3) is 0 Å². The Balaban J connectivity index is 2.52. The number of aryl methyl sites for hydroxylation is 2. The van der Waals surface area contributed by atoms with Gasteiger partial charge in [0.05, 0.1) is 6.04 Å². The molecule has 0 spiro atoms. The van der Waals surface area contributed by atoms with E-state index in [0.29, 0.717) is 0 Å². The number of hydrogen-bond acceptors (Lipinski definition) is 1. The minimum absolute atomic E-state index is 0.151. The first-order chi connectivity index (χ1) is 9.15. The average Bonchev–Trinajstić information content (AvgIpc) is 2.41. The summed E-state index contributed by atoms with van der Waals surface area (Å²) in [4.78, 5) is 0. The second-order valence-electron chi connectivity index (χ2n) is 4.83. The number of hydrogen-bond donors (Lipinski definition) is 1. The zero-order valence-corrected chi connectivity index (χ0v) is 12.5. The van der Waals surface area contributed by atoms with Gasteiger partial charge in [-0.3, -0.25) is 0 Å². The van der Waals surface area contributed by atoms with Gasteiger partial charge in [0, 0.05) is 5.02 Å². The largest absolute Gasteiger partial charge is 0.306 e. The zero-order chi connectivity index (χ0) is 13.8. The van der Waals surface area contributed by atoms with E-state index in [-0.39, 0.29) is 6.04 Å². The van der Waals surface area contributed by atoms with Crippen molar-refractivity contribution in [2.75, 3.05) is 6.54 Å². The Morgan fingerprint density at radius 2 is 1.58 bits per heavy atom. The summed E-state index contributed by atoms with van der Waals surface area (Å²) >= 11 is 6.49. The van der Waals surface area contributed by atoms with E-state index in [1.54, 1.807) is 0 Å². The lowest BCUT2D eigenvalue weighted by Crippen LogP contribution is -2.23. The lowest BCUT2D eigenvalue weighted by Gasteiger charge is -2.22. The highest BCUT2D eigenvalue weighted by molar-refractivity contribution is 6.32. The zero-order valence-electron chi connectivity index (χ0n) is 11.7. The SMILES string of the molecule is CCNC(c1ccccc1C)c1cccc(C)c1Cl. The van der Waals surface area contributed by atoms with Crippen LogP contribution in [0.5, 0.6) is 0 Å². The van der Waals surface area contributed by atoms with Crippen LogP contribution < -0.4 is 5.32 Å².